The Morgan fingerprint density at radius 2 is 2.00 bits per heavy atom. The van der Waals surface area contributed by atoms with E-state index in [1.165, 1.54) is 12.1 Å². The van der Waals surface area contributed by atoms with Gasteiger partial charge in [0, 0.05) is 26.1 Å². The highest BCUT2D eigenvalue weighted by molar-refractivity contribution is 5.86. The van der Waals surface area contributed by atoms with Gasteiger partial charge in [-0.15, -0.1) is 12.4 Å². The first kappa shape index (κ1) is 20.6. The molecular formula is C19H27ClFN3O2. The van der Waals surface area contributed by atoms with E-state index in [1.54, 1.807) is 15.9 Å². The van der Waals surface area contributed by atoms with E-state index in [4.69, 9.17) is 0 Å². The topological polar surface area (TPSA) is 52.7 Å². The standard InChI is InChI=1S/C19H26FN3O2.ClH/c20-17-3-1-2-16(12-17)13-22-10-11-23(14-19(22)25)18(24)5-4-15-6-8-21-9-7-15;/h1-3,12,15,21H,4-11,13-14H2;1H. The minimum absolute atomic E-state index is 0. The molecule has 2 fully saturated rings. The highest BCUT2D eigenvalue weighted by atomic mass is 35.5. The molecule has 0 saturated carbocycles. The molecule has 0 aliphatic carbocycles. The van der Waals surface area contributed by atoms with Gasteiger partial charge in [0.15, 0.2) is 0 Å². The Morgan fingerprint density at radius 3 is 2.69 bits per heavy atom. The Kier molecular flexibility index (Phi) is 7.85. The number of nitrogens with zero attached hydrogens (tertiary/aromatic N) is 2. The molecule has 2 aliphatic heterocycles. The van der Waals surface area contributed by atoms with Gasteiger partial charge in [0.25, 0.3) is 0 Å². The predicted molar refractivity (Wildman–Crippen MR) is 100 cm³/mol. The third-order valence-electron chi connectivity index (χ3n) is 5.16. The molecule has 7 heteroatoms. The van der Waals surface area contributed by atoms with Gasteiger partial charge in [0.1, 0.15) is 5.82 Å². The molecule has 0 unspecified atom stereocenters. The lowest BCUT2D eigenvalue weighted by Gasteiger charge is -2.34. The van der Waals surface area contributed by atoms with Crippen molar-refractivity contribution in [3.8, 4) is 0 Å². The van der Waals surface area contributed by atoms with Crippen molar-refractivity contribution in [2.75, 3.05) is 32.7 Å². The fraction of sp³-hybridized carbons (Fsp3) is 0.579. The number of hydrogen-bond acceptors (Lipinski definition) is 3. The zero-order valence-corrected chi connectivity index (χ0v) is 15.8. The van der Waals surface area contributed by atoms with Gasteiger partial charge < -0.3 is 15.1 Å². The number of piperidine rings is 1. The molecule has 0 aromatic heterocycles. The molecule has 0 atom stereocenters. The zero-order chi connectivity index (χ0) is 17.6. The van der Waals surface area contributed by atoms with Crippen LogP contribution in [0.15, 0.2) is 24.3 Å². The van der Waals surface area contributed by atoms with E-state index >= 15 is 0 Å². The first-order valence-corrected chi connectivity index (χ1v) is 9.12. The summed E-state index contributed by atoms with van der Waals surface area (Å²) in [5.74, 6) is 0.342. The molecule has 2 amide bonds. The number of carbonyl (C=O) groups excluding carboxylic acids is 2. The van der Waals surface area contributed by atoms with Crippen molar-refractivity contribution in [3.63, 3.8) is 0 Å². The van der Waals surface area contributed by atoms with Crippen molar-refractivity contribution in [1.29, 1.82) is 0 Å². The Hall–Kier alpha value is -1.66. The second kappa shape index (κ2) is 9.88. The van der Waals surface area contributed by atoms with Gasteiger partial charge in [-0.25, -0.2) is 4.39 Å². The molecule has 1 N–H and O–H groups in total. The van der Waals surface area contributed by atoms with Crippen molar-refractivity contribution in [1.82, 2.24) is 15.1 Å². The number of nitrogens with one attached hydrogen (secondary N) is 1. The maximum atomic E-state index is 13.3. The molecule has 1 aromatic carbocycles. The Bertz CT molecular complexity index is 623. The average Bonchev–Trinajstić information content (AvgIpc) is 2.62. The number of benzene rings is 1. The number of amides is 2. The maximum absolute atomic E-state index is 13.3. The first-order valence-electron chi connectivity index (χ1n) is 9.12. The van der Waals surface area contributed by atoms with Crippen LogP contribution < -0.4 is 5.32 Å². The summed E-state index contributed by atoms with van der Waals surface area (Å²) >= 11 is 0. The highest BCUT2D eigenvalue weighted by Crippen LogP contribution is 2.19. The molecule has 144 valence electrons. The van der Waals surface area contributed by atoms with Crippen LogP contribution in [0.4, 0.5) is 4.39 Å². The van der Waals surface area contributed by atoms with Crippen molar-refractivity contribution < 1.29 is 14.0 Å². The molecule has 2 saturated heterocycles. The number of carbonyl (C=O) groups is 2. The van der Waals surface area contributed by atoms with Gasteiger partial charge in [-0.1, -0.05) is 12.1 Å². The summed E-state index contributed by atoms with van der Waals surface area (Å²) in [5, 5.41) is 3.33. The number of rotatable bonds is 5. The average molecular weight is 384 g/mol. The minimum Gasteiger partial charge on any atom is -0.335 e. The summed E-state index contributed by atoms with van der Waals surface area (Å²) in [5.41, 5.74) is 0.777. The molecule has 5 nitrogen and oxygen atoms in total. The SMILES string of the molecule is Cl.O=C(CCC1CCNCC1)N1CCN(Cc2cccc(F)c2)C(=O)C1. The predicted octanol–water partition coefficient (Wildman–Crippen LogP) is 2.20. The quantitative estimate of drug-likeness (QED) is 0.848. The highest BCUT2D eigenvalue weighted by Gasteiger charge is 2.27. The van der Waals surface area contributed by atoms with Crippen LogP contribution in [-0.2, 0) is 16.1 Å². The van der Waals surface area contributed by atoms with E-state index in [2.05, 4.69) is 5.32 Å². The van der Waals surface area contributed by atoms with Crippen LogP contribution in [-0.4, -0.2) is 54.3 Å². The Labute approximate surface area is 160 Å². The minimum atomic E-state index is -0.295. The maximum Gasteiger partial charge on any atom is 0.242 e. The van der Waals surface area contributed by atoms with Gasteiger partial charge in [-0.05, 0) is 56.0 Å². The van der Waals surface area contributed by atoms with Crippen LogP contribution in [0.1, 0.15) is 31.2 Å². The molecule has 26 heavy (non-hydrogen) atoms. The smallest absolute Gasteiger partial charge is 0.242 e. The van der Waals surface area contributed by atoms with Gasteiger partial charge >= 0.3 is 0 Å². The van der Waals surface area contributed by atoms with Crippen LogP contribution in [0.2, 0.25) is 0 Å². The van der Waals surface area contributed by atoms with Gasteiger partial charge in [-0.2, -0.15) is 0 Å². The first-order chi connectivity index (χ1) is 12.1. The number of hydrogen-bond donors (Lipinski definition) is 1. The van der Waals surface area contributed by atoms with E-state index in [9.17, 15) is 14.0 Å². The van der Waals surface area contributed by atoms with Crippen LogP contribution in [0.3, 0.4) is 0 Å². The second-order valence-corrected chi connectivity index (χ2v) is 6.99. The van der Waals surface area contributed by atoms with Crippen molar-refractivity contribution >= 4 is 24.2 Å². The summed E-state index contributed by atoms with van der Waals surface area (Å²) in [4.78, 5) is 28.1. The molecule has 2 aliphatic rings. The van der Waals surface area contributed by atoms with E-state index in [0.29, 0.717) is 32.0 Å². The van der Waals surface area contributed by atoms with Crippen molar-refractivity contribution in [2.24, 2.45) is 5.92 Å². The van der Waals surface area contributed by atoms with Gasteiger partial charge in [0.05, 0.1) is 6.54 Å². The third kappa shape index (κ3) is 5.68. The molecule has 0 spiro atoms. The molecule has 1 aromatic rings. The van der Waals surface area contributed by atoms with E-state index < -0.39 is 0 Å². The fourth-order valence-corrected chi connectivity index (χ4v) is 3.60. The molecule has 3 rings (SSSR count). The van der Waals surface area contributed by atoms with Crippen LogP contribution in [0.25, 0.3) is 0 Å². The monoisotopic (exact) mass is 383 g/mol. The zero-order valence-electron chi connectivity index (χ0n) is 15.0. The summed E-state index contributed by atoms with van der Waals surface area (Å²) in [7, 11) is 0. The normalized spacial score (nSPS) is 18.6. The van der Waals surface area contributed by atoms with E-state index in [1.807, 2.05) is 6.07 Å². The lowest BCUT2D eigenvalue weighted by atomic mass is 9.93. The Balaban J connectivity index is 0.00000243. The number of halogens is 2. The largest absolute Gasteiger partial charge is 0.335 e. The number of piperazine rings is 1. The van der Waals surface area contributed by atoms with Crippen LogP contribution in [0.5, 0.6) is 0 Å². The van der Waals surface area contributed by atoms with Crippen LogP contribution >= 0.6 is 12.4 Å². The molecule has 2 heterocycles. The third-order valence-corrected chi connectivity index (χ3v) is 5.16. The molecular weight excluding hydrogens is 357 g/mol. The van der Waals surface area contributed by atoms with Crippen molar-refractivity contribution in [2.45, 2.75) is 32.2 Å². The summed E-state index contributed by atoms with van der Waals surface area (Å²) in [6.45, 7) is 3.68. The van der Waals surface area contributed by atoms with Crippen molar-refractivity contribution in [3.05, 3.63) is 35.6 Å². The fourth-order valence-electron chi connectivity index (χ4n) is 3.60. The summed E-state index contributed by atoms with van der Waals surface area (Å²) in [6, 6.07) is 6.30. The summed E-state index contributed by atoms with van der Waals surface area (Å²) in [6.07, 6.45) is 3.71. The lowest BCUT2D eigenvalue weighted by molar-refractivity contribution is -0.145. The molecule has 0 bridgehead atoms. The lowest BCUT2D eigenvalue weighted by Crippen LogP contribution is -2.51. The molecule has 0 radical (unpaired) electrons. The Morgan fingerprint density at radius 1 is 1.23 bits per heavy atom. The summed E-state index contributed by atoms with van der Waals surface area (Å²) < 4.78 is 13.3. The van der Waals surface area contributed by atoms with Crippen LogP contribution in [0, 0.1) is 11.7 Å². The van der Waals surface area contributed by atoms with Gasteiger partial charge in [-0.3, -0.25) is 9.59 Å². The van der Waals surface area contributed by atoms with E-state index in [-0.39, 0.29) is 36.6 Å². The second-order valence-electron chi connectivity index (χ2n) is 6.99. The van der Waals surface area contributed by atoms with Gasteiger partial charge in [0.2, 0.25) is 11.8 Å². The van der Waals surface area contributed by atoms with E-state index in [0.717, 1.165) is 37.9 Å².